The Morgan fingerprint density at radius 2 is 2.08 bits per heavy atom. The minimum Gasteiger partial charge on any atom is -0.359 e. The first-order valence-electron chi connectivity index (χ1n) is 8.97. The van der Waals surface area contributed by atoms with Crippen LogP contribution in [-0.2, 0) is 13.0 Å². The summed E-state index contributed by atoms with van der Waals surface area (Å²) in [4.78, 5) is 8.37. The van der Waals surface area contributed by atoms with E-state index in [-0.39, 0.29) is 0 Å². The minimum absolute atomic E-state index is 0.471. The summed E-state index contributed by atoms with van der Waals surface area (Å²) in [6, 6.07) is 4.10. The van der Waals surface area contributed by atoms with E-state index in [2.05, 4.69) is 52.6 Å². The van der Waals surface area contributed by atoms with Crippen molar-refractivity contribution in [3.05, 3.63) is 47.1 Å². The van der Waals surface area contributed by atoms with Gasteiger partial charge in [-0.2, -0.15) is 0 Å². The van der Waals surface area contributed by atoms with Gasteiger partial charge < -0.3 is 15.2 Å². The van der Waals surface area contributed by atoms with Crippen LogP contribution >= 0.6 is 0 Å². The summed E-state index contributed by atoms with van der Waals surface area (Å²) in [5.74, 6) is 2.06. The molecule has 2 rings (SSSR count). The van der Waals surface area contributed by atoms with Gasteiger partial charge in [-0.15, -0.1) is 0 Å². The van der Waals surface area contributed by atoms with Gasteiger partial charge in [0.05, 0.1) is 12.2 Å². The van der Waals surface area contributed by atoms with Crippen LogP contribution in [-0.4, -0.2) is 29.7 Å². The predicted octanol–water partition coefficient (Wildman–Crippen LogP) is 3.19. The first-order chi connectivity index (χ1) is 12.2. The third-order valence-corrected chi connectivity index (χ3v) is 4.46. The van der Waals surface area contributed by atoms with E-state index >= 15 is 0 Å². The molecule has 2 heterocycles. The number of rotatable bonds is 8. The fourth-order valence-electron chi connectivity index (χ4n) is 2.80. The van der Waals surface area contributed by atoms with Gasteiger partial charge in [-0.3, -0.25) is 9.98 Å². The highest BCUT2D eigenvalue weighted by molar-refractivity contribution is 5.79. The third kappa shape index (κ3) is 5.59. The topological polar surface area (TPSA) is 75.3 Å². The smallest absolute Gasteiger partial charge is 0.191 e. The highest BCUT2D eigenvalue weighted by Gasteiger charge is 2.13. The molecule has 0 fully saturated rings. The van der Waals surface area contributed by atoms with E-state index < -0.39 is 0 Å². The van der Waals surface area contributed by atoms with Crippen LogP contribution in [0.3, 0.4) is 0 Å². The van der Waals surface area contributed by atoms with E-state index in [9.17, 15) is 0 Å². The molecule has 0 atom stereocenters. The fourth-order valence-corrected chi connectivity index (χ4v) is 2.80. The van der Waals surface area contributed by atoms with Gasteiger partial charge >= 0.3 is 0 Å². The fraction of sp³-hybridized carbons (Fsp3) is 0.526. The number of pyridine rings is 1. The number of aliphatic imine (C=N–C) groups is 1. The third-order valence-electron chi connectivity index (χ3n) is 4.46. The van der Waals surface area contributed by atoms with Crippen molar-refractivity contribution in [3.8, 4) is 0 Å². The highest BCUT2D eigenvalue weighted by Crippen LogP contribution is 2.22. The molecule has 0 radical (unpaired) electrons. The highest BCUT2D eigenvalue weighted by atomic mass is 16.5. The Morgan fingerprint density at radius 1 is 1.28 bits per heavy atom. The molecule has 0 bridgehead atoms. The SMILES string of the molecule is CCC(CC)c1cc(CNC(=NC)NCCc2ccncc2C)on1. The maximum absolute atomic E-state index is 5.43. The molecule has 2 N–H and O–H groups in total. The lowest BCUT2D eigenvalue weighted by Crippen LogP contribution is -2.37. The van der Waals surface area contributed by atoms with E-state index in [4.69, 9.17) is 4.52 Å². The van der Waals surface area contributed by atoms with Crippen LogP contribution in [0.25, 0.3) is 0 Å². The van der Waals surface area contributed by atoms with Gasteiger partial charge in [0.2, 0.25) is 0 Å². The zero-order valence-electron chi connectivity index (χ0n) is 15.7. The second-order valence-electron chi connectivity index (χ2n) is 6.14. The molecule has 6 nitrogen and oxygen atoms in total. The molecule has 0 saturated carbocycles. The van der Waals surface area contributed by atoms with Crippen molar-refractivity contribution in [2.75, 3.05) is 13.6 Å². The molecule has 0 saturated heterocycles. The average Bonchev–Trinajstić information content (AvgIpc) is 3.09. The van der Waals surface area contributed by atoms with Crippen LogP contribution in [0.1, 0.15) is 55.2 Å². The predicted molar refractivity (Wildman–Crippen MR) is 101 cm³/mol. The Hall–Kier alpha value is -2.37. The molecule has 2 aromatic heterocycles. The van der Waals surface area contributed by atoms with Crippen molar-refractivity contribution in [1.29, 1.82) is 0 Å². The number of nitrogens with one attached hydrogen (secondary N) is 2. The minimum atomic E-state index is 0.471. The Balaban J connectivity index is 1.80. The van der Waals surface area contributed by atoms with Gasteiger partial charge in [0.1, 0.15) is 0 Å². The molecule has 136 valence electrons. The van der Waals surface area contributed by atoms with Crippen molar-refractivity contribution in [1.82, 2.24) is 20.8 Å². The van der Waals surface area contributed by atoms with E-state index in [1.807, 2.05) is 18.5 Å². The lowest BCUT2D eigenvalue weighted by atomic mass is 9.99. The van der Waals surface area contributed by atoms with Crippen molar-refractivity contribution in [2.24, 2.45) is 4.99 Å². The molecule has 0 aliphatic carbocycles. The van der Waals surface area contributed by atoms with Gasteiger partial charge in [0, 0.05) is 38.0 Å². The Morgan fingerprint density at radius 3 is 2.76 bits per heavy atom. The van der Waals surface area contributed by atoms with Crippen LogP contribution in [0.4, 0.5) is 0 Å². The number of guanidine groups is 1. The molecule has 0 spiro atoms. The van der Waals surface area contributed by atoms with Crippen molar-refractivity contribution >= 4 is 5.96 Å². The molecule has 2 aromatic rings. The molecular weight excluding hydrogens is 314 g/mol. The second-order valence-corrected chi connectivity index (χ2v) is 6.14. The molecule has 0 unspecified atom stereocenters. The van der Waals surface area contributed by atoms with E-state index in [1.54, 1.807) is 7.05 Å². The van der Waals surface area contributed by atoms with Crippen molar-refractivity contribution < 1.29 is 4.52 Å². The van der Waals surface area contributed by atoms with Gasteiger partial charge in [0.25, 0.3) is 0 Å². The zero-order chi connectivity index (χ0) is 18.1. The Bertz CT molecular complexity index is 676. The standard InChI is InChI=1S/C19H29N5O/c1-5-15(6-2)18-11-17(25-24-18)13-23-19(20-4)22-10-8-16-7-9-21-12-14(16)3/h7,9,11-12,15H,5-6,8,10,13H2,1-4H3,(H2,20,22,23). The van der Waals surface area contributed by atoms with Crippen molar-refractivity contribution in [2.45, 2.75) is 52.5 Å². The number of hydrogen-bond donors (Lipinski definition) is 2. The molecule has 0 aliphatic rings. The van der Waals surface area contributed by atoms with Crippen LogP contribution in [0, 0.1) is 6.92 Å². The van der Waals surface area contributed by atoms with E-state index in [0.717, 1.165) is 43.2 Å². The molecular formula is C19H29N5O. The molecule has 6 heteroatoms. The Kier molecular flexibility index (Phi) is 7.44. The van der Waals surface area contributed by atoms with Crippen LogP contribution in [0.5, 0.6) is 0 Å². The lowest BCUT2D eigenvalue weighted by Gasteiger charge is -2.11. The first kappa shape index (κ1) is 19.0. The number of hydrogen-bond acceptors (Lipinski definition) is 4. The van der Waals surface area contributed by atoms with E-state index in [1.165, 1.54) is 11.1 Å². The summed E-state index contributed by atoms with van der Waals surface area (Å²) in [7, 11) is 1.77. The second kappa shape index (κ2) is 9.81. The summed E-state index contributed by atoms with van der Waals surface area (Å²) >= 11 is 0. The maximum Gasteiger partial charge on any atom is 0.191 e. The first-order valence-corrected chi connectivity index (χ1v) is 8.97. The molecule has 0 aliphatic heterocycles. The largest absolute Gasteiger partial charge is 0.359 e. The van der Waals surface area contributed by atoms with Crippen molar-refractivity contribution in [3.63, 3.8) is 0 Å². The van der Waals surface area contributed by atoms with Gasteiger partial charge in [-0.1, -0.05) is 19.0 Å². The monoisotopic (exact) mass is 343 g/mol. The lowest BCUT2D eigenvalue weighted by molar-refractivity contribution is 0.368. The summed E-state index contributed by atoms with van der Waals surface area (Å²) < 4.78 is 5.43. The van der Waals surface area contributed by atoms with Gasteiger partial charge in [-0.25, -0.2) is 0 Å². The summed E-state index contributed by atoms with van der Waals surface area (Å²) in [5, 5.41) is 10.8. The summed E-state index contributed by atoms with van der Waals surface area (Å²) in [5.41, 5.74) is 3.55. The number of aromatic nitrogens is 2. The molecule has 25 heavy (non-hydrogen) atoms. The zero-order valence-corrected chi connectivity index (χ0v) is 15.7. The number of aryl methyl sites for hydroxylation is 1. The molecule has 0 aromatic carbocycles. The van der Waals surface area contributed by atoms with Gasteiger partial charge in [0.15, 0.2) is 11.7 Å². The van der Waals surface area contributed by atoms with E-state index in [0.29, 0.717) is 12.5 Å². The van der Waals surface area contributed by atoms with Crippen LogP contribution < -0.4 is 10.6 Å². The molecule has 0 amide bonds. The summed E-state index contributed by atoms with van der Waals surface area (Å²) in [6.45, 7) is 7.81. The average molecular weight is 343 g/mol. The normalized spacial score (nSPS) is 11.8. The maximum atomic E-state index is 5.43. The van der Waals surface area contributed by atoms with Crippen LogP contribution in [0.2, 0.25) is 0 Å². The summed E-state index contributed by atoms with van der Waals surface area (Å²) in [6.07, 6.45) is 6.80. The van der Waals surface area contributed by atoms with Crippen LogP contribution in [0.15, 0.2) is 34.0 Å². The number of nitrogens with zero attached hydrogens (tertiary/aromatic N) is 3. The Labute approximate surface area is 150 Å². The quantitative estimate of drug-likeness (QED) is 0.569. The van der Waals surface area contributed by atoms with Gasteiger partial charge in [-0.05, 0) is 43.4 Å².